The molecule has 8 heteroatoms. The minimum atomic E-state index is -0.186. The molecule has 1 atom stereocenters. The summed E-state index contributed by atoms with van der Waals surface area (Å²) in [5.74, 6) is 1.52. The van der Waals surface area contributed by atoms with Crippen molar-refractivity contribution in [2.24, 2.45) is 0 Å². The third-order valence-corrected chi connectivity index (χ3v) is 5.07. The highest BCUT2D eigenvalue weighted by atomic mass is 32.2. The van der Waals surface area contributed by atoms with E-state index in [4.69, 9.17) is 0 Å². The minimum Gasteiger partial charge on any atom is -0.323 e. The zero-order valence-electron chi connectivity index (χ0n) is 12.7. The molecule has 120 valence electrons. The van der Waals surface area contributed by atoms with Crippen LogP contribution in [0.25, 0.3) is 5.82 Å². The molecule has 0 saturated carbocycles. The van der Waals surface area contributed by atoms with E-state index in [0.29, 0.717) is 11.5 Å². The number of carbonyl (C=O) groups is 1. The Morgan fingerprint density at radius 2 is 2.17 bits per heavy atom. The molecule has 0 aliphatic carbocycles. The predicted octanol–water partition coefficient (Wildman–Crippen LogP) is 2.03. The molecule has 1 aromatic carbocycles. The molecule has 0 radical (unpaired) electrons. The Kier molecular flexibility index (Phi) is 3.96. The summed E-state index contributed by atoms with van der Waals surface area (Å²) in [5, 5.41) is 13.7. The number of benzene rings is 1. The number of rotatable bonds is 3. The molecule has 7 nitrogen and oxygen atoms in total. The highest BCUT2D eigenvalue weighted by molar-refractivity contribution is 8.00. The van der Waals surface area contributed by atoms with Crippen molar-refractivity contribution < 1.29 is 4.79 Å². The number of thioether (sulfide) groups is 1. The second-order valence-corrected chi connectivity index (χ2v) is 6.56. The van der Waals surface area contributed by atoms with Gasteiger partial charge in [0.25, 0.3) is 0 Å². The van der Waals surface area contributed by atoms with E-state index in [0.717, 1.165) is 17.7 Å². The van der Waals surface area contributed by atoms with Crippen LogP contribution in [0.2, 0.25) is 0 Å². The number of nitrogens with one attached hydrogen (secondary N) is 1. The van der Waals surface area contributed by atoms with Crippen LogP contribution in [-0.4, -0.2) is 36.9 Å². The average Bonchev–Trinajstić information content (AvgIpc) is 3.16. The Balaban J connectivity index is 1.51. The van der Waals surface area contributed by atoms with E-state index >= 15 is 0 Å². The zero-order valence-corrected chi connectivity index (χ0v) is 13.5. The molecule has 3 aromatic rings. The molecule has 3 heterocycles. The van der Waals surface area contributed by atoms with Crippen LogP contribution in [0.15, 0.2) is 48.9 Å². The van der Waals surface area contributed by atoms with E-state index in [1.54, 1.807) is 30.1 Å². The number of carbonyl (C=O) groups excluding carboxylic acids is 1. The Morgan fingerprint density at radius 3 is 2.96 bits per heavy atom. The van der Waals surface area contributed by atoms with Crippen LogP contribution < -0.4 is 5.32 Å². The van der Waals surface area contributed by atoms with Gasteiger partial charge in [-0.2, -0.15) is 4.68 Å². The number of tetrazole rings is 1. The summed E-state index contributed by atoms with van der Waals surface area (Å²) < 4.78 is 1.46. The van der Waals surface area contributed by atoms with Crippen molar-refractivity contribution in [3.05, 3.63) is 60.0 Å². The number of hydrogen-bond acceptors (Lipinski definition) is 6. The maximum Gasteiger partial charge on any atom is 0.242 e. The van der Waals surface area contributed by atoms with Gasteiger partial charge in [-0.05, 0) is 45.9 Å². The van der Waals surface area contributed by atoms with Gasteiger partial charge >= 0.3 is 0 Å². The van der Waals surface area contributed by atoms with E-state index in [1.165, 1.54) is 16.6 Å². The molecule has 0 fully saturated rings. The van der Waals surface area contributed by atoms with E-state index in [-0.39, 0.29) is 11.2 Å². The van der Waals surface area contributed by atoms with Gasteiger partial charge in [0.15, 0.2) is 5.82 Å². The standard InChI is InChI=1S/C16H14N6OS/c23-16(15-13-4-2-1-3-11(13)7-8-24-15)19-12-5-6-14(17-9-12)22-10-18-20-21-22/h1-6,9-10,15H,7-8H2,(H,19,23). The highest BCUT2D eigenvalue weighted by Crippen LogP contribution is 2.37. The maximum atomic E-state index is 12.6. The van der Waals surface area contributed by atoms with Gasteiger partial charge < -0.3 is 5.32 Å². The van der Waals surface area contributed by atoms with Crippen molar-refractivity contribution in [1.29, 1.82) is 0 Å². The first-order chi connectivity index (χ1) is 11.8. The lowest BCUT2D eigenvalue weighted by molar-refractivity contribution is -0.115. The lowest BCUT2D eigenvalue weighted by atomic mass is 10.0. The van der Waals surface area contributed by atoms with E-state index in [9.17, 15) is 4.79 Å². The fourth-order valence-corrected chi connectivity index (χ4v) is 3.87. The fourth-order valence-electron chi connectivity index (χ4n) is 2.68. The van der Waals surface area contributed by atoms with Crippen molar-refractivity contribution in [2.45, 2.75) is 11.7 Å². The molecule has 1 unspecified atom stereocenters. The topological polar surface area (TPSA) is 85.6 Å². The number of aryl methyl sites for hydroxylation is 1. The minimum absolute atomic E-state index is 0.0240. The first-order valence-electron chi connectivity index (χ1n) is 7.51. The van der Waals surface area contributed by atoms with E-state index in [1.807, 2.05) is 18.2 Å². The molecule has 1 N–H and O–H groups in total. The van der Waals surface area contributed by atoms with Crippen LogP contribution in [0, 0.1) is 0 Å². The summed E-state index contributed by atoms with van der Waals surface area (Å²) in [6.45, 7) is 0. The van der Waals surface area contributed by atoms with Crippen LogP contribution in [-0.2, 0) is 11.2 Å². The molecule has 0 saturated heterocycles. The van der Waals surface area contributed by atoms with Gasteiger partial charge in [-0.3, -0.25) is 4.79 Å². The van der Waals surface area contributed by atoms with Crippen molar-refractivity contribution in [3.8, 4) is 5.82 Å². The Hall–Kier alpha value is -2.74. The average molecular weight is 338 g/mol. The summed E-state index contributed by atoms with van der Waals surface area (Å²) in [5.41, 5.74) is 3.01. The van der Waals surface area contributed by atoms with Crippen LogP contribution in [0.1, 0.15) is 16.4 Å². The number of pyridine rings is 1. The van der Waals surface area contributed by atoms with Gasteiger partial charge in [-0.25, -0.2) is 4.98 Å². The van der Waals surface area contributed by atoms with Crippen LogP contribution in [0.3, 0.4) is 0 Å². The Labute approximate surface area is 142 Å². The Bertz CT molecular complexity index is 849. The summed E-state index contributed by atoms with van der Waals surface area (Å²) in [7, 11) is 0. The van der Waals surface area contributed by atoms with Gasteiger partial charge in [-0.1, -0.05) is 24.3 Å². The first-order valence-corrected chi connectivity index (χ1v) is 8.56. The zero-order chi connectivity index (χ0) is 16.4. The fraction of sp³-hybridized carbons (Fsp3) is 0.188. The van der Waals surface area contributed by atoms with Gasteiger partial charge in [0.05, 0.1) is 11.9 Å². The number of hydrogen-bond donors (Lipinski definition) is 1. The van der Waals surface area contributed by atoms with Crippen molar-refractivity contribution in [2.75, 3.05) is 11.1 Å². The van der Waals surface area contributed by atoms with Gasteiger partial charge in [0, 0.05) is 0 Å². The SMILES string of the molecule is O=C(Nc1ccc(-n2cnnn2)nc1)C1SCCc2ccccc21. The highest BCUT2D eigenvalue weighted by Gasteiger charge is 2.26. The van der Waals surface area contributed by atoms with Crippen molar-refractivity contribution >= 4 is 23.4 Å². The summed E-state index contributed by atoms with van der Waals surface area (Å²) in [4.78, 5) is 16.9. The maximum absolute atomic E-state index is 12.6. The Morgan fingerprint density at radius 1 is 1.25 bits per heavy atom. The van der Waals surface area contributed by atoms with Crippen molar-refractivity contribution in [3.63, 3.8) is 0 Å². The van der Waals surface area contributed by atoms with Gasteiger partial charge in [0.2, 0.25) is 5.91 Å². The normalized spacial score (nSPS) is 16.4. The quantitative estimate of drug-likeness (QED) is 0.786. The summed E-state index contributed by atoms with van der Waals surface area (Å²) >= 11 is 1.67. The molecular formula is C16H14N6OS. The summed E-state index contributed by atoms with van der Waals surface area (Å²) in [6.07, 6.45) is 4.08. The smallest absolute Gasteiger partial charge is 0.242 e. The predicted molar refractivity (Wildman–Crippen MR) is 90.9 cm³/mol. The number of amides is 1. The van der Waals surface area contributed by atoms with Crippen LogP contribution >= 0.6 is 11.8 Å². The van der Waals surface area contributed by atoms with E-state index in [2.05, 4.69) is 31.9 Å². The lowest BCUT2D eigenvalue weighted by Gasteiger charge is -2.24. The summed E-state index contributed by atoms with van der Waals surface area (Å²) in [6, 6.07) is 11.7. The monoisotopic (exact) mass is 338 g/mol. The molecular weight excluding hydrogens is 324 g/mol. The molecule has 24 heavy (non-hydrogen) atoms. The number of nitrogens with zero attached hydrogens (tertiary/aromatic N) is 5. The lowest BCUT2D eigenvalue weighted by Crippen LogP contribution is -2.23. The first kappa shape index (κ1) is 14.8. The third kappa shape index (κ3) is 2.88. The number of anilines is 1. The largest absolute Gasteiger partial charge is 0.323 e. The van der Waals surface area contributed by atoms with Gasteiger partial charge in [-0.15, -0.1) is 16.9 Å². The molecule has 0 bridgehead atoms. The van der Waals surface area contributed by atoms with Gasteiger partial charge in [0.1, 0.15) is 11.6 Å². The number of fused-ring (bicyclic) bond motifs is 1. The molecule has 0 spiro atoms. The van der Waals surface area contributed by atoms with Crippen LogP contribution in [0.5, 0.6) is 0 Å². The molecule has 2 aromatic heterocycles. The molecule has 4 rings (SSSR count). The van der Waals surface area contributed by atoms with Crippen molar-refractivity contribution in [1.82, 2.24) is 25.2 Å². The van der Waals surface area contributed by atoms with E-state index < -0.39 is 0 Å². The molecule has 1 aliphatic heterocycles. The second-order valence-electron chi connectivity index (χ2n) is 5.35. The van der Waals surface area contributed by atoms with Crippen LogP contribution in [0.4, 0.5) is 5.69 Å². The third-order valence-electron chi connectivity index (χ3n) is 3.83. The number of aromatic nitrogens is 5. The second kappa shape index (κ2) is 6.40. The molecule has 1 aliphatic rings. The molecule has 1 amide bonds.